The van der Waals surface area contributed by atoms with E-state index in [9.17, 15) is 14.4 Å². The molecule has 0 bridgehead atoms. The second kappa shape index (κ2) is 33.5. The van der Waals surface area contributed by atoms with Gasteiger partial charge in [-0.05, 0) is 44.9 Å². The van der Waals surface area contributed by atoms with Crippen LogP contribution in [-0.2, 0) is 28.6 Å². The van der Waals surface area contributed by atoms with Crippen molar-refractivity contribution in [2.75, 3.05) is 19.8 Å². The maximum atomic E-state index is 11.4. The quantitative estimate of drug-likeness (QED) is 0.195. The molecule has 0 atom stereocenters. The second-order valence-electron chi connectivity index (χ2n) is 13.2. The van der Waals surface area contributed by atoms with Gasteiger partial charge in [-0.2, -0.15) is 0 Å². The number of hydrogen-bond acceptors (Lipinski definition) is 6. The molecular formula is C39H70O6. The summed E-state index contributed by atoms with van der Waals surface area (Å²) in [4.78, 5) is 33.6. The van der Waals surface area contributed by atoms with E-state index in [2.05, 4.69) is 0 Å². The highest BCUT2D eigenvalue weighted by atomic mass is 16.5. The molecule has 0 aromatic carbocycles. The van der Waals surface area contributed by atoms with E-state index in [1.165, 1.54) is 148 Å². The first-order chi connectivity index (χ1) is 22.2. The molecule has 0 aromatic rings. The van der Waals surface area contributed by atoms with Gasteiger partial charge in [0.25, 0.3) is 0 Å². The van der Waals surface area contributed by atoms with Gasteiger partial charge in [0.1, 0.15) is 0 Å². The van der Waals surface area contributed by atoms with E-state index in [-0.39, 0.29) is 17.9 Å². The van der Waals surface area contributed by atoms with Gasteiger partial charge < -0.3 is 14.2 Å². The Hall–Kier alpha value is -1.85. The van der Waals surface area contributed by atoms with Crippen LogP contribution in [0.25, 0.3) is 0 Å². The van der Waals surface area contributed by atoms with Crippen molar-refractivity contribution in [1.29, 1.82) is 0 Å². The third kappa shape index (κ3) is 31.9. The van der Waals surface area contributed by atoms with E-state index in [1.807, 2.05) is 6.08 Å². The highest BCUT2D eigenvalue weighted by Crippen LogP contribution is 2.15. The second-order valence-corrected chi connectivity index (χ2v) is 13.2. The number of esters is 3. The van der Waals surface area contributed by atoms with Gasteiger partial charge in [0.15, 0.2) is 0 Å². The van der Waals surface area contributed by atoms with Crippen LogP contribution in [0.15, 0.2) is 12.2 Å². The molecule has 0 radical (unpaired) electrons. The van der Waals surface area contributed by atoms with Crippen molar-refractivity contribution < 1.29 is 28.6 Å². The number of cyclic esters (lactones) is 3. The fourth-order valence-electron chi connectivity index (χ4n) is 5.91. The minimum atomic E-state index is -0.177. The minimum Gasteiger partial charge on any atom is -0.466 e. The Morgan fingerprint density at radius 1 is 0.333 bits per heavy atom. The molecule has 3 heterocycles. The van der Waals surface area contributed by atoms with E-state index in [1.54, 1.807) is 6.08 Å². The van der Waals surface area contributed by atoms with Crippen LogP contribution < -0.4 is 0 Å². The highest BCUT2D eigenvalue weighted by Gasteiger charge is 2.04. The van der Waals surface area contributed by atoms with Gasteiger partial charge >= 0.3 is 17.9 Å². The van der Waals surface area contributed by atoms with Crippen molar-refractivity contribution in [3.8, 4) is 0 Å². The van der Waals surface area contributed by atoms with Crippen molar-refractivity contribution >= 4 is 17.9 Å². The molecular weight excluding hydrogens is 564 g/mol. The first-order valence-corrected chi connectivity index (χ1v) is 19.3. The number of carbonyl (C=O) groups is 3. The van der Waals surface area contributed by atoms with Gasteiger partial charge in [-0.1, -0.05) is 147 Å². The van der Waals surface area contributed by atoms with Gasteiger partial charge in [0.2, 0.25) is 0 Å². The maximum absolute atomic E-state index is 11.4. The smallest absolute Gasteiger partial charge is 0.330 e. The molecule has 0 unspecified atom stereocenters. The SMILES string of the molecule is O=C1/C=C/CCCCCCCCCO1.O=C1CCCCCCCCCCCCCCO1.O=C1CCCCCCCCCCCO1. The highest BCUT2D eigenvalue weighted by molar-refractivity contribution is 5.81. The fourth-order valence-corrected chi connectivity index (χ4v) is 5.91. The predicted molar refractivity (Wildman–Crippen MR) is 185 cm³/mol. The first-order valence-electron chi connectivity index (χ1n) is 19.3. The van der Waals surface area contributed by atoms with Crippen LogP contribution in [-0.4, -0.2) is 37.7 Å². The molecule has 0 amide bonds. The Bertz CT molecular complexity index is 684. The van der Waals surface area contributed by atoms with Crippen molar-refractivity contribution in [2.24, 2.45) is 0 Å². The molecule has 0 N–H and O–H groups in total. The lowest BCUT2D eigenvalue weighted by Crippen LogP contribution is -2.05. The normalized spacial score (nSPS) is 23.2. The average Bonchev–Trinajstić information content (AvgIpc) is 3.07. The van der Waals surface area contributed by atoms with E-state index in [0.717, 1.165) is 38.5 Å². The number of allylic oxidation sites excluding steroid dienone is 1. The monoisotopic (exact) mass is 635 g/mol. The zero-order valence-corrected chi connectivity index (χ0v) is 29.1. The summed E-state index contributed by atoms with van der Waals surface area (Å²) in [5.41, 5.74) is 0. The van der Waals surface area contributed by atoms with Gasteiger partial charge in [-0.25, -0.2) is 4.79 Å². The van der Waals surface area contributed by atoms with Crippen molar-refractivity contribution in [3.63, 3.8) is 0 Å². The van der Waals surface area contributed by atoms with Crippen molar-refractivity contribution in [3.05, 3.63) is 12.2 Å². The predicted octanol–water partition coefficient (Wildman–Crippen LogP) is 11.3. The maximum Gasteiger partial charge on any atom is 0.330 e. The van der Waals surface area contributed by atoms with Crippen LogP contribution in [0.1, 0.15) is 199 Å². The van der Waals surface area contributed by atoms with Gasteiger partial charge in [-0.15, -0.1) is 0 Å². The molecule has 0 aromatic heterocycles. The molecule has 45 heavy (non-hydrogen) atoms. The zero-order chi connectivity index (χ0) is 32.3. The van der Waals surface area contributed by atoms with Gasteiger partial charge in [0, 0.05) is 18.9 Å². The Labute approximate surface area is 277 Å². The molecule has 6 heteroatoms. The van der Waals surface area contributed by atoms with E-state index in [4.69, 9.17) is 14.2 Å². The molecule has 262 valence electrons. The third-order valence-electron chi connectivity index (χ3n) is 8.84. The van der Waals surface area contributed by atoms with Crippen LogP contribution >= 0.6 is 0 Å². The molecule has 2 saturated heterocycles. The molecule has 3 rings (SSSR count). The molecule has 0 spiro atoms. The summed E-state index contributed by atoms with van der Waals surface area (Å²) in [5.74, 6) is -0.161. The average molecular weight is 635 g/mol. The molecule has 2 fully saturated rings. The van der Waals surface area contributed by atoms with E-state index in [0.29, 0.717) is 32.7 Å². The zero-order valence-electron chi connectivity index (χ0n) is 29.1. The summed E-state index contributed by atoms with van der Waals surface area (Å²) < 4.78 is 15.4. The lowest BCUT2D eigenvalue weighted by molar-refractivity contribution is -0.144. The van der Waals surface area contributed by atoms with Crippen LogP contribution in [0, 0.1) is 0 Å². The number of carbonyl (C=O) groups excluding carboxylic acids is 3. The van der Waals surface area contributed by atoms with Crippen molar-refractivity contribution in [1.82, 2.24) is 0 Å². The number of hydrogen-bond donors (Lipinski definition) is 0. The summed E-state index contributed by atoms with van der Waals surface area (Å²) in [7, 11) is 0. The first kappa shape index (κ1) is 41.2. The Morgan fingerprint density at radius 3 is 1.00 bits per heavy atom. The largest absolute Gasteiger partial charge is 0.466 e. The van der Waals surface area contributed by atoms with Crippen LogP contribution in [0.3, 0.4) is 0 Å². The number of rotatable bonds is 0. The Balaban J connectivity index is 0.000000340. The fraction of sp³-hybridized carbons (Fsp3) is 0.872. The summed E-state index contributed by atoms with van der Waals surface area (Å²) in [6, 6.07) is 0. The molecule has 3 aliphatic heterocycles. The summed E-state index contributed by atoms with van der Waals surface area (Å²) >= 11 is 0. The third-order valence-corrected chi connectivity index (χ3v) is 8.84. The van der Waals surface area contributed by atoms with Crippen LogP contribution in [0.2, 0.25) is 0 Å². The summed E-state index contributed by atoms with van der Waals surface area (Å²) in [5, 5.41) is 0. The van der Waals surface area contributed by atoms with Crippen molar-refractivity contribution in [2.45, 2.75) is 199 Å². The van der Waals surface area contributed by atoms with Crippen LogP contribution in [0.4, 0.5) is 0 Å². The molecule has 0 saturated carbocycles. The Morgan fingerprint density at radius 2 is 0.622 bits per heavy atom. The molecule has 3 aliphatic rings. The summed E-state index contributed by atoms with van der Waals surface area (Å²) in [6.07, 6.45) is 40.9. The lowest BCUT2D eigenvalue weighted by atomic mass is 10.0. The molecule has 6 nitrogen and oxygen atoms in total. The molecule has 0 aliphatic carbocycles. The topological polar surface area (TPSA) is 78.9 Å². The van der Waals surface area contributed by atoms with Crippen LogP contribution in [0.5, 0.6) is 0 Å². The lowest BCUT2D eigenvalue weighted by Gasteiger charge is -2.06. The summed E-state index contributed by atoms with van der Waals surface area (Å²) in [6.45, 7) is 1.86. The van der Waals surface area contributed by atoms with Gasteiger partial charge in [0.05, 0.1) is 19.8 Å². The van der Waals surface area contributed by atoms with E-state index < -0.39 is 0 Å². The minimum absolute atomic E-state index is 0.00393. The Kier molecular flexibility index (Phi) is 30.7. The standard InChI is InChI=1S/C15H28O2.C12H22O2.C12H20O2/c16-15-13-11-9-7-5-3-1-2-4-6-8-10-12-14-17-15;2*13-12-10-8-6-4-2-1-3-5-7-9-11-14-12/h1-14H2;1-11H2;8,10H,1-7,9,11H2/b;;10-8+. The van der Waals surface area contributed by atoms with E-state index >= 15 is 0 Å². The van der Waals surface area contributed by atoms with Gasteiger partial charge in [-0.3, -0.25) is 9.59 Å². The number of ether oxygens (including phenoxy) is 3.